The van der Waals surface area contributed by atoms with Crippen LogP contribution in [0.15, 0.2) is 0 Å². The normalized spacial score (nSPS) is 23.2. The molecule has 1 atom stereocenters. The number of hydrogen-bond donors (Lipinski definition) is 1. The molecule has 1 fully saturated rings. The van der Waals surface area contributed by atoms with Crippen molar-refractivity contribution in [1.82, 2.24) is 5.48 Å². The van der Waals surface area contributed by atoms with Crippen LogP contribution < -0.4 is 5.48 Å². The van der Waals surface area contributed by atoms with Crippen LogP contribution in [0.4, 0.5) is 0 Å². The van der Waals surface area contributed by atoms with E-state index in [-0.39, 0.29) is 17.4 Å². The van der Waals surface area contributed by atoms with Crippen LogP contribution in [-0.2, 0) is 9.63 Å². The molecule has 1 saturated heterocycles. The summed E-state index contributed by atoms with van der Waals surface area (Å²) < 4.78 is 0. The van der Waals surface area contributed by atoms with Crippen molar-refractivity contribution >= 4 is 17.7 Å². The first kappa shape index (κ1) is 10.9. The topological polar surface area (TPSA) is 38.3 Å². The standard InChI is InChI=1S/C9H17NO2S/c1-9(2,3)12-10-8(11)7-4-5-13-6-7/h7H,4-6H2,1-3H3,(H,10,11). The predicted molar refractivity (Wildman–Crippen MR) is 54.4 cm³/mol. The van der Waals surface area contributed by atoms with Gasteiger partial charge in [-0.2, -0.15) is 11.8 Å². The number of carbonyl (C=O) groups is 1. The van der Waals surface area contributed by atoms with Gasteiger partial charge in [0.1, 0.15) is 0 Å². The fourth-order valence-corrected chi connectivity index (χ4v) is 2.25. The molecule has 3 nitrogen and oxygen atoms in total. The number of thioether (sulfide) groups is 1. The minimum atomic E-state index is -0.304. The maximum absolute atomic E-state index is 11.4. The fourth-order valence-electron chi connectivity index (χ4n) is 1.03. The van der Waals surface area contributed by atoms with Crippen molar-refractivity contribution in [3.63, 3.8) is 0 Å². The van der Waals surface area contributed by atoms with Crippen molar-refractivity contribution in [2.75, 3.05) is 11.5 Å². The molecule has 0 bridgehead atoms. The van der Waals surface area contributed by atoms with E-state index in [2.05, 4.69) is 5.48 Å². The molecule has 1 aliphatic rings. The van der Waals surface area contributed by atoms with Crippen molar-refractivity contribution in [2.24, 2.45) is 5.92 Å². The molecule has 4 heteroatoms. The summed E-state index contributed by atoms with van der Waals surface area (Å²) in [6.07, 6.45) is 0.976. The largest absolute Gasteiger partial charge is 0.272 e. The van der Waals surface area contributed by atoms with Gasteiger partial charge in [0.15, 0.2) is 0 Å². The van der Waals surface area contributed by atoms with Gasteiger partial charge in [0.2, 0.25) is 5.91 Å². The van der Waals surface area contributed by atoms with Gasteiger partial charge < -0.3 is 0 Å². The summed E-state index contributed by atoms with van der Waals surface area (Å²) in [6.45, 7) is 5.74. The molecule has 1 rings (SSSR count). The van der Waals surface area contributed by atoms with Crippen molar-refractivity contribution in [3.8, 4) is 0 Å². The smallest absolute Gasteiger partial charge is 0.247 e. The van der Waals surface area contributed by atoms with Gasteiger partial charge in [0, 0.05) is 11.7 Å². The van der Waals surface area contributed by atoms with E-state index in [4.69, 9.17) is 4.84 Å². The van der Waals surface area contributed by atoms with Crippen molar-refractivity contribution in [2.45, 2.75) is 32.8 Å². The highest BCUT2D eigenvalue weighted by Gasteiger charge is 2.24. The summed E-state index contributed by atoms with van der Waals surface area (Å²) in [5.41, 5.74) is 2.21. The van der Waals surface area contributed by atoms with Gasteiger partial charge in [-0.15, -0.1) is 0 Å². The summed E-state index contributed by atoms with van der Waals surface area (Å²) in [7, 11) is 0. The Balaban J connectivity index is 2.25. The number of amides is 1. The Morgan fingerprint density at radius 2 is 2.23 bits per heavy atom. The molecule has 0 aromatic heterocycles. The third-order valence-corrected chi connectivity index (χ3v) is 2.92. The van der Waals surface area contributed by atoms with Crippen molar-refractivity contribution < 1.29 is 9.63 Å². The second-order valence-electron chi connectivity index (χ2n) is 4.24. The number of hydroxylamine groups is 1. The number of hydrogen-bond acceptors (Lipinski definition) is 3. The van der Waals surface area contributed by atoms with Crippen LogP contribution in [0.2, 0.25) is 0 Å². The lowest BCUT2D eigenvalue weighted by atomic mass is 10.1. The Bertz CT molecular complexity index is 183. The highest BCUT2D eigenvalue weighted by Crippen LogP contribution is 2.23. The molecule has 1 amide bonds. The predicted octanol–water partition coefficient (Wildman–Crippen LogP) is 1.59. The molecule has 0 spiro atoms. The van der Waals surface area contributed by atoms with Crippen LogP contribution in [0.1, 0.15) is 27.2 Å². The van der Waals surface area contributed by atoms with Crippen LogP contribution >= 0.6 is 11.8 Å². The third kappa shape index (κ3) is 4.00. The zero-order valence-corrected chi connectivity index (χ0v) is 9.24. The summed E-state index contributed by atoms with van der Waals surface area (Å²) >= 11 is 1.83. The van der Waals surface area contributed by atoms with Crippen LogP contribution in [0.3, 0.4) is 0 Å². The average molecular weight is 203 g/mol. The van der Waals surface area contributed by atoms with E-state index in [1.807, 2.05) is 32.5 Å². The summed E-state index contributed by atoms with van der Waals surface area (Å²) in [5.74, 6) is 2.19. The molecule has 0 saturated carbocycles. The maximum Gasteiger partial charge on any atom is 0.247 e. The van der Waals surface area contributed by atoms with E-state index in [1.54, 1.807) is 0 Å². The van der Waals surface area contributed by atoms with Gasteiger partial charge in [-0.05, 0) is 32.9 Å². The number of carbonyl (C=O) groups excluding carboxylic acids is 1. The maximum atomic E-state index is 11.4. The minimum Gasteiger partial charge on any atom is -0.272 e. The fraction of sp³-hybridized carbons (Fsp3) is 0.889. The van der Waals surface area contributed by atoms with E-state index in [0.29, 0.717) is 0 Å². The lowest BCUT2D eigenvalue weighted by Crippen LogP contribution is -2.37. The molecule has 1 aliphatic heterocycles. The first-order chi connectivity index (χ1) is 5.99. The SMILES string of the molecule is CC(C)(C)ONC(=O)C1CCSC1. The quantitative estimate of drug-likeness (QED) is 0.693. The zero-order valence-electron chi connectivity index (χ0n) is 8.42. The van der Waals surface area contributed by atoms with E-state index < -0.39 is 0 Å². The van der Waals surface area contributed by atoms with Gasteiger partial charge in [0.25, 0.3) is 0 Å². The van der Waals surface area contributed by atoms with E-state index >= 15 is 0 Å². The van der Waals surface area contributed by atoms with Crippen LogP contribution in [0.25, 0.3) is 0 Å². The van der Waals surface area contributed by atoms with Crippen LogP contribution in [0, 0.1) is 5.92 Å². The van der Waals surface area contributed by atoms with Crippen molar-refractivity contribution in [3.05, 3.63) is 0 Å². The van der Waals surface area contributed by atoms with Gasteiger partial charge in [-0.25, -0.2) is 5.48 Å². The average Bonchev–Trinajstić information content (AvgIpc) is 2.50. The number of rotatable bonds is 2. The second kappa shape index (κ2) is 4.33. The Labute approximate surface area is 83.6 Å². The van der Waals surface area contributed by atoms with Gasteiger partial charge in [0.05, 0.1) is 5.60 Å². The molecule has 13 heavy (non-hydrogen) atoms. The van der Waals surface area contributed by atoms with Crippen molar-refractivity contribution in [1.29, 1.82) is 0 Å². The Morgan fingerprint density at radius 3 is 2.69 bits per heavy atom. The van der Waals surface area contributed by atoms with Crippen LogP contribution in [0.5, 0.6) is 0 Å². The molecule has 1 unspecified atom stereocenters. The second-order valence-corrected chi connectivity index (χ2v) is 5.39. The van der Waals surface area contributed by atoms with Gasteiger partial charge in [-0.1, -0.05) is 0 Å². The molecule has 0 aliphatic carbocycles. The van der Waals surface area contributed by atoms with E-state index in [0.717, 1.165) is 17.9 Å². The summed E-state index contributed by atoms with van der Waals surface area (Å²) in [5, 5.41) is 0. The number of nitrogens with one attached hydrogen (secondary N) is 1. The first-order valence-corrected chi connectivity index (χ1v) is 5.70. The monoisotopic (exact) mass is 203 g/mol. The van der Waals surface area contributed by atoms with E-state index in [1.165, 1.54) is 0 Å². The van der Waals surface area contributed by atoms with Crippen LogP contribution in [-0.4, -0.2) is 23.0 Å². The van der Waals surface area contributed by atoms with Gasteiger partial charge in [-0.3, -0.25) is 9.63 Å². The minimum absolute atomic E-state index is 0.0277. The third-order valence-electron chi connectivity index (χ3n) is 1.76. The molecule has 0 aromatic rings. The summed E-state index contributed by atoms with van der Waals surface area (Å²) in [6, 6.07) is 0. The van der Waals surface area contributed by atoms with Gasteiger partial charge >= 0.3 is 0 Å². The molecule has 1 heterocycles. The Hall–Kier alpha value is -0.220. The summed E-state index contributed by atoms with van der Waals surface area (Å²) in [4.78, 5) is 16.6. The zero-order chi connectivity index (χ0) is 9.90. The molecule has 0 aromatic carbocycles. The molecular weight excluding hydrogens is 186 g/mol. The Morgan fingerprint density at radius 1 is 1.54 bits per heavy atom. The lowest BCUT2D eigenvalue weighted by Gasteiger charge is -2.20. The molecular formula is C9H17NO2S. The molecule has 1 N–H and O–H groups in total. The van der Waals surface area contributed by atoms with E-state index in [9.17, 15) is 4.79 Å². The first-order valence-electron chi connectivity index (χ1n) is 4.54. The highest BCUT2D eigenvalue weighted by molar-refractivity contribution is 7.99. The Kier molecular flexibility index (Phi) is 3.62. The molecule has 0 radical (unpaired) electrons. The highest BCUT2D eigenvalue weighted by atomic mass is 32.2. The molecule has 76 valence electrons. The lowest BCUT2D eigenvalue weighted by molar-refractivity contribution is -0.148.